The first-order valence-corrected chi connectivity index (χ1v) is 6.23. The molecule has 1 aliphatic rings. The van der Waals surface area contributed by atoms with Crippen LogP contribution in [0.3, 0.4) is 0 Å². The Hall–Kier alpha value is -2.13. The summed E-state index contributed by atoms with van der Waals surface area (Å²) in [5.74, 6) is -2.44. The van der Waals surface area contributed by atoms with Crippen LogP contribution >= 0.6 is 0 Å². The molecular weight excluding hydrogens is 307 g/mol. The summed E-state index contributed by atoms with van der Waals surface area (Å²) in [5.41, 5.74) is -0.692. The van der Waals surface area contributed by atoms with Crippen LogP contribution < -0.4 is 4.90 Å². The molecule has 1 aromatic rings. The fourth-order valence-electron chi connectivity index (χ4n) is 2.05. The van der Waals surface area contributed by atoms with Gasteiger partial charge in [-0.15, -0.1) is 0 Å². The number of hydrogen-bond donors (Lipinski definition) is 2. The van der Waals surface area contributed by atoms with Gasteiger partial charge in [0.05, 0.1) is 12.2 Å². The largest absolute Gasteiger partial charge is 0.479 e. The van der Waals surface area contributed by atoms with Crippen molar-refractivity contribution >= 4 is 17.6 Å². The van der Waals surface area contributed by atoms with Gasteiger partial charge < -0.3 is 19.8 Å². The summed E-state index contributed by atoms with van der Waals surface area (Å²) in [5, 5.41) is 18.1. The van der Waals surface area contributed by atoms with Gasteiger partial charge >= 0.3 is 12.1 Å². The van der Waals surface area contributed by atoms with E-state index in [4.69, 9.17) is 9.84 Å². The predicted octanol–water partition coefficient (Wildman–Crippen LogP) is 0.883. The Morgan fingerprint density at radius 2 is 1.91 bits per heavy atom. The Labute approximate surface area is 122 Å². The molecule has 1 heterocycles. The van der Waals surface area contributed by atoms with E-state index in [1.165, 1.54) is 0 Å². The third kappa shape index (κ3) is 3.20. The average molecular weight is 319 g/mol. The highest BCUT2D eigenvalue weighted by Gasteiger charge is 2.39. The molecule has 0 aromatic heterocycles. The predicted molar refractivity (Wildman–Crippen MR) is 67.2 cm³/mol. The molecular formula is C13H12F3NO5. The van der Waals surface area contributed by atoms with Gasteiger partial charge in [0.1, 0.15) is 0 Å². The number of morpholine rings is 1. The van der Waals surface area contributed by atoms with Crippen LogP contribution in [-0.4, -0.2) is 47.4 Å². The van der Waals surface area contributed by atoms with Gasteiger partial charge in [-0.2, -0.15) is 13.2 Å². The number of nitrogens with zero attached hydrogens (tertiary/aromatic N) is 1. The number of hydrogen-bond acceptors (Lipinski definition) is 4. The SMILES string of the molecule is O=C(O)C(O)[C@H]1OCCN(c2ccc(C(F)(F)F)cc2)C1=O. The molecule has 0 spiro atoms. The summed E-state index contributed by atoms with van der Waals surface area (Å²) in [4.78, 5) is 23.9. The second-order valence-corrected chi connectivity index (χ2v) is 4.61. The first kappa shape index (κ1) is 16.2. The van der Waals surface area contributed by atoms with E-state index in [2.05, 4.69) is 0 Å². The topological polar surface area (TPSA) is 87.1 Å². The monoisotopic (exact) mass is 319 g/mol. The molecule has 1 aliphatic heterocycles. The maximum Gasteiger partial charge on any atom is 0.416 e. The number of carbonyl (C=O) groups is 2. The summed E-state index contributed by atoms with van der Waals surface area (Å²) in [6.07, 6.45) is -8.12. The molecule has 2 N–H and O–H groups in total. The van der Waals surface area contributed by atoms with Crippen LogP contribution in [0.15, 0.2) is 24.3 Å². The number of carboxylic acids is 1. The van der Waals surface area contributed by atoms with Gasteiger partial charge in [-0.3, -0.25) is 4.79 Å². The molecule has 1 fully saturated rings. The van der Waals surface area contributed by atoms with Crippen molar-refractivity contribution in [2.45, 2.75) is 18.4 Å². The number of benzene rings is 1. The van der Waals surface area contributed by atoms with Crippen molar-refractivity contribution in [2.75, 3.05) is 18.1 Å². The number of rotatable bonds is 3. The zero-order valence-electron chi connectivity index (χ0n) is 11.1. The highest BCUT2D eigenvalue weighted by atomic mass is 19.4. The Morgan fingerprint density at radius 1 is 1.32 bits per heavy atom. The molecule has 22 heavy (non-hydrogen) atoms. The van der Waals surface area contributed by atoms with Crippen molar-refractivity contribution in [3.05, 3.63) is 29.8 Å². The summed E-state index contributed by atoms with van der Waals surface area (Å²) in [7, 11) is 0. The Kier molecular flexibility index (Phi) is 4.38. The minimum absolute atomic E-state index is 0.0399. The summed E-state index contributed by atoms with van der Waals surface area (Å²) in [6.45, 7) is 0.00874. The van der Waals surface area contributed by atoms with E-state index in [0.29, 0.717) is 0 Å². The maximum atomic E-state index is 12.5. The molecule has 1 unspecified atom stereocenters. The molecule has 1 aromatic carbocycles. The third-order valence-electron chi connectivity index (χ3n) is 3.17. The molecule has 2 atom stereocenters. The zero-order chi connectivity index (χ0) is 16.5. The Morgan fingerprint density at radius 3 is 2.41 bits per heavy atom. The van der Waals surface area contributed by atoms with Gasteiger partial charge in [-0.25, -0.2) is 4.79 Å². The molecule has 9 heteroatoms. The lowest BCUT2D eigenvalue weighted by Crippen LogP contribution is -2.54. The first-order valence-electron chi connectivity index (χ1n) is 6.23. The van der Waals surface area contributed by atoms with Crippen LogP contribution in [0.25, 0.3) is 0 Å². The minimum atomic E-state index is -4.49. The molecule has 120 valence electrons. The molecule has 0 aliphatic carbocycles. The molecule has 0 radical (unpaired) electrons. The number of carboxylic acid groups (broad SMARTS) is 1. The van der Waals surface area contributed by atoms with E-state index in [1.54, 1.807) is 0 Å². The number of aliphatic hydroxyl groups excluding tert-OH is 1. The van der Waals surface area contributed by atoms with E-state index in [0.717, 1.165) is 29.2 Å². The molecule has 1 amide bonds. The van der Waals surface area contributed by atoms with Crippen molar-refractivity contribution in [3.63, 3.8) is 0 Å². The lowest BCUT2D eigenvalue weighted by molar-refractivity contribution is -0.163. The van der Waals surface area contributed by atoms with E-state index in [1.807, 2.05) is 0 Å². The third-order valence-corrected chi connectivity index (χ3v) is 3.17. The second-order valence-electron chi connectivity index (χ2n) is 4.61. The Bertz CT molecular complexity index is 572. The van der Waals surface area contributed by atoms with E-state index in [-0.39, 0.29) is 18.8 Å². The normalized spacial score (nSPS) is 20.8. The number of amides is 1. The van der Waals surface area contributed by atoms with Gasteiger partial charge in [-0.1, -0.05) is 0 Å². The van der Waals surface area contributed by atoms with Crippen LogP contribution in [0.4, 0.5) is 18.9 Å². The van der Waals surface area contributed by atoms with Crippen molar-refractivity contribution in [3.8, 4) is 0 Å². The van der Waals surface area contributed by atoms with Gasteiger partial charge in [0, 0.05) is 12.2 Å². The van der Waals surface area contributed by atoms with E-state index < -0.39 is 35.8 Å². The van der Waals surface area contributed by atoms with Crippen molar-refractivity contribution < 1.29 is 37.7 Å². The van der Waals surface area contributed by atoms with Crippen molar-refractivity contribution in [2.24, 2.45) is 0 Å². The van der Waals surface area contributed by atoms with Crippen LogP contribution in [0.2, 0.25) is 0 Å². The highest BCUT2D eigenvalue weighted by molar-refractivity contribution is 6.00. The highest BCUT2D eigenvalue weighted by Crippen LogP contribution is 2.31. The molecule has 1 saturated heterocycles. The standard InChI is InChI=1S/C13H12F3NO5/c14-13(15,16)7-1-3-8(4-2-7)17-5-6-22-10(11(17)19)9(18)12(20)21/h1-4,9-10,18H,5-6H2,(H,20,21)/t9?,10-/m1/s1. The summed E-state index contributed by atoms with van der Waals surface area (Å²) < 4.78 is 42.4. The fourth-order valence-corrected chi connectivity index (χ4v) is 2.05. The fraction of sp³-hybridized carbons (Fsp3) is 0.385. The average Bonchev–Trinajstić information content (AvgIpc) is 2.46. The molecule has 2 rings (SSSR count). The zero-order valence-corrected chi connectivity index (χ0v) is 11.1. The summed E-state index contributed by atoms with van der Waals surface area (Å²) in [6, 6.07) is 3.86. The van der Waals surface area contributed by atoms with Gasteiger partial charge in [0.15, 0.2) is 12.2 Å². The number of halogens is 3. The van der Waals surface area contributed by atoms with Gasteiger partial charge in [0.2, 0.25) is 0 Å². The maximum absolute atomic E-state index is 12.5. The van der Waals surface area contributed by atoms with E-state index >= 15 is 0 Å². The lowest BCUT2D eigenvalue weighted by Gasteiger charge is -2.33. The number of ether oxygens (including phenoxy) is 1. The second kappa shape index (κ2) is 5.93. The van der Waals surface area contributed by atoms with Crippen LogP contribution in [0, 0.1) is 0 Å². The van der Waals surface area contributed by atoms with Crippen LogP contribution in [-0.2, 0) is 20.5 Å². The number of carbonyl (C=O) groups excluding carboxylic acids is 1. The number of aliphatic hydroxyl groups is 1. The minimum Gasteiger partial charge on any atom is -0.479 e. The van der Waals surface area contributed by atoms with Gasteiger partial charge in [0.25, 0.3) is 5.91 Å². The molecule has 0 bridgehead atoms. The number of anilines is 1. The summed E-state index contributed by atoms with van der Waals surface area (Å²) >= 11 is 0. The lowest BCUT2D eigenvalue weighted by atomic mass is 10.1. The number of alkyl halides is 3. The number of aliphatic carboxylic acids is 1. The van der Waals surface area contributed by atoms with Gasteiger partial charge in [-0.05, 0) is 24.3 Å². The molecule has 6 nitrogen and oxygen atoms in total. The molecule has 0 saturated carbocycles. The Balaban J connectivity index is 2.21. The quantitative estimate of drug-likeness (QED) is 0.864. The van der Waals surface area contributed by atoms with Crippen molar-refractivity contribution in [1.82, 2.24) is 0 Å². The first-order chi connectivity index (χ1) is 10.2. The van der Waals surface area contributed by atoms with Crippen LogP contribution in [0.1, 0.15) is 5.56 Å². The smallest absolute Gasteiger partial charge is 0.416 e. The van der Waals surface area contributed by atoms with E-state index in [9.17, 15) is 27.9 Å². The van der Waals surface area contributed by atoms with Crippen LogP contribution in [0.5, 0.6) is 0 Å². The van der Waals surface area contributed by atoms with Crippen molar-refractivity contribution in [1.29, 1.82) is 0 Å².